The molecule has 0 saturated carbocycles. The molecule has 0 spiro atoms. The van der Waals surface area contributed by atoms with E-state index >= 15 is 0 Å². The molecule has 0 bridgehead atoms. The summed E-state index contributed by atoms with van der Waals surface area (Å²) in [4.78, 5) is 10.8. The Balaban J connectivity index is 3.22. The van der Waals surface area contributed by atoms with E-state index in [0.29, 0.717) is 6.07 Å². The number of hydrogen-bond acceptors (Lipinski definition) is 1. The molecule has 0 aliphatic carbocycles. The summed E-state index contributed by atoms with van der Waals surface area (Å²) in [6, 6.07) is 0.676. The molecule has 0 fully saturated rings. The molecule has 0 radical (unpaired) electrons. The Hall–Kier alpha value is -1.60. The number of ketones is 1. The fraction of sp³-hybridized carbons (Fsp3) is 0.222. The second kappa shape index (κ2) is 4.01. The Morgan fingerprint density at radius 2 is 1.53 bits per heavy atom. The lowest BCUT2D eigenvalue weighted by molar-refractivity contribution is -0.255. The topological polar surface area (TPSA) is 17.1 Å². The van der Waals surface area contributed by atoms with E-state index in [0.717, 1.165) is 0 Å². The molecule has 1 aromatic rings. The van der Waals surface area contributed by atoms with Gasteiger partial charge in [-0.2, -0.15) is 22.0 Å². The molecule has 0 saturated heterocycles. The minimum absolute atomic E-state index is 0.0414. The quantitative estimate of drug-likeness (QED) is 0.588. The first-order chi connectivity index (χ1) is 7.57. The zero-order valence-corrected chi connectivity index (χ0v) is 7.79. The number of hydrogen-bond donors (Lipinski definition) is 0. The van der Waals surface area contributed by atoms with E-state index in [4.69, 9.17) is 0 Å². The Labute approximate surface area is 89.8 Å². The van der Waals surface area contributed by atoms with Crippen molar-refractivity contribution in [3.8, 4) is 0 Å². The van der Waals surface area contributed by atoms with Gasteiger partial charge in [0.25, 0.3) is 0 Å². The van der Waals surface area contributed by atoms with Crippen LogP contribution in [0.3, 0.4) is 0 Å². The van der Waals surface area contributed by atoms with Crippen LogP contribution < -0.4 is 0 Å². The maximum atomic E-state index is 12.9. The van der Waals surface area contributed by atoms with Gasteiger partial charge < -0.3 is 0 Å². The molecule has 0 amide bonds. The maximum absolute atomic E-state index is 12.9. The van der Waals surface area contributed by atoms with Gasteiger partial charge in [-0.15, -0.1) is 0 Å². The minimum Gasteiger partial charge on any atom is -0.287 e. The lowest BCUT2D eigenvalue weighted by Crippen LogP contribution is -2.44. The summed E-state index contributed by atoms with van der Waals surface area (Å²) in [7, 11) is 0. The van der Waals surface area contributed by atoms with Crippen LogP contribution in [0.25, 0.3) is 0 Å². The van der Waals surface area contributed by atoms with Crippen molar-refractivity contribution in [2.75, 3.05) is 0 Å². The molecule has 0 unspecified atom stereocenters. The van der Waals surface area contributed by atoms with Gasteiger partial charge in [0.2, 0.25) is 5.78 Å². The molecule has 1 rings (SSSR count). The van der Waals surface area contributed by atoms with Crippen LogP contribution >= 0.6 is 0 Å². The van der Waals surface area contributed by atoms with E-state index in [1.165, 1.54) is 0 Å². The zero-order valence-electron chi connectivity index (χ0n) is 7.79. The van der Waals surface area contributed by atoms with Gasteiger partial charge in [0.1, 0.15) is 11.6 Å². The molecule has 1 aromatic carbocycles. The monoisotopic (exact) mass is 260 g/mol. The van der Waals surface area contributed by atoms with E-state index in [2.05, 4.69) is 0 Å². The highest BCUT2D eigenvalue weighted by Crippen LogP contribution is 2.38. The Kier molecular flexibility index (Phi) is 3.17. The minimum atomic E-state index is -6.13. The average molecular weight is 260 g/mol. The Bertz CT molecular complexity index is 449. The number of benzene rings is 1. The molecular weight excluding hydrogens is 257 g/mol. The summed E-state index contributed by atoms with van der Waals surface area (Å²) >= 11 is 0. The van der Waals surface area contributed by atoms with Crippen LogP contribution in [-0.2, 0) is 0 Å². The predicted molar refractivity (Wildman–Crippen MR) is 41.7 cm³/mol. The van der Waals surface area contributed by atoms with Crippen molar-refractivity contribution in [2.24, 2.45) is 0 Å². The van der Waals surface area contributed by atoms with Gasteiger partial charge in [0.05, 0.1) is 5.56 Å². The average Bonchev–Trinajstić information content (AvgIpc) is 2.14. The van der Waals surface area contributed by atoms with Crippen molar-refractivity contribution in [1.82, 2.24) is 0 Å². The summed E-state index contributed by atoms with van der Waals surface area (Å²) in [5, 5.41) is 0. The van der Waals surface area contributed by atoms with Gasteiger partial charge in [0.15, 0.2) is 0 Å². The Morgan fingerprint density at radius 3 is 1.94 bits per heavy atom. The summed E-state index contributed by atoms with van der Waals surface area (Å²) in [5.41, 5.74) is -1.52. The van der Waals surface area contributed by atoms with Crippen LogP contribution in [0.15, 0.2) is 18.2 Å². The number of carbonyl (C=O) groups excluding carboxylic acids is 1. The van der Waals surface area contributed by atoms with Crippen molar-refractivity contribution in [3.63, 3.8) is 0 Å². The summed E-state index contributed by atoms with van der Waals surface area (Å²) in [6.45, 7) is 0. The van der Waals surface area contributed by atoms with Crippen LogP contribution in [0.5, 0.6) is 0 Å². The normalized spacial score (nSPS) is 12.6. The smallest absolute Gasteiger partial charge is 0.287 e. The summed E-state index contributed by atoms with van der Waals surface area (Å²) in [5.74, 6) is -11.5. The predicted octanol–water partition coefficient (Wildman–Crippen LogP) is 3.35. The number of alkyl halides is 5. The van der Waals surface area contributed by atoms with Crippen molar-refractivity contribution in [3.05, 3.63) is 35.4 Å². The van der Waals surface area contributed by atoms with E-state index in [9.17, 15) is 35.5 Å². The fourth-order valence-electron chi connectivity index (χ4n) is 0.971. The molecule has 0 atom stereocenters. The Morgan fingerprint density at radius 1 is 1.00 bits per heavy atom. The highest BCUT2D eigenvalue weighted by Gasteiger charge is 2.63. The van der Waals surface area contributed by atoms with Gasteiger partial charge >= 0.3 is 12.1 Å². The van der Waals surface area contributed by atoms with Crippen molar-refractivity contribution < 1.29 is 35.5 Å². The van der Waals surface area contributed by atoms with E-state index in [-0.39, 0.29) is 12.1 Å². The van der Waals surface area contributed by atoms with Crippen LogP contribution in [0.2, 0.25) is 0 Å². The lowest BCUT2D eigenvalue weighted by atomic mass is 10.0. The first-order valence-electron chi connectivity index (χ1n) is 4.02. The van der Waals surface area contributed by atoms with Crippen molar-refractivity contribution >= 4 is 5.78 Å². The number of Topliss-reactive ketones (excluding diaryl/α,β-unsaturated/α-hetero) is 1. The first-order valence-corrected chi connectivity index (χ1v) is 4.02. The van der Waals surface area contributed by atoms with E-state index in [1.807, 2.05) is 0 Å². The third kappa shape index (κ3) is 2.40. The number of carbonyl (C=O) groups is 1. The van der Waals surface area contributed by atoms with E-state index < -0.39 is 35.1 Å². The van der Waals surface area contributed by atoms with Crippen LogP contribution in [0.4, 0.5) is 30.7 Å². The second-order valence-corrected chi connectivity index (χ2v) is 3.03. The second-order valence-electron chi connectivity index (χ2n) is 3.03. The lowest BCUT2D eigenvalue weighted by Gasteiger charge is -2.18. The van der Waals surface area contributed by atoms with Gasteiger partial charge in [-0.1, -0.05) is 0 Å². The molecule has 94 valence electrons. The summed E-state index contributed by atoms with van der Waals surface area (Å²) < 4.78 is 85.8. The number of rotatable bonds is 2. The molecule has 0 heterocycles. The number of halogens is 7. The van der Waals surface area contributed by atoms with E-state index in [1.54, 1.807) is 0 Å². The third-order valence-corrected chi connectivity index (χ3v) is 1.82. The third-order valence-electron chi connectivity index (χ3n) is 1.82. The molecule has 0 aliphatic rings. The van der Waals surface area contributed by atoms with Crippen LogP contribution in [0, 0.1) is 11.6 Å². The van der Waals surface area contributed by atoms with Crippen molar-refractivity contribution in [2.45, 2.75) is 12.1 Å². The van der Waals surface area contributed by atoms with Gasteiger partial charge in [-0.3, -0.25) is 4.79 Å². The van der Waals surface area contributed by atoms with Gasteiger partial charge in [-0.25, -0.2) is 8.78 Å². The molecule has 17 heavy (non-hydrogen) atoms. The molecule has 8 heteroatoms. The fourth-order valence-corrected chi connectivity index (χ4v) is 0.971. The first kappa shape index (κ1) is 13.5. The zero-order chi connectivity index (χ0) is 13.4. The largest absolute Gasteiger partial charge is 0.461 e. The highest BCUT2D eigenvalue weighted by atomic mass is 19.4. The SMILES string of the molecule is O=C(c1ccc(F)cc1F)C(F)(F)C(F)(F)F. The molecule has 0 N–H and O–H groups in total. The summed E-state index contributed by atoms with van der Waals surface area (Å²) in [6.07, 6.45) is -6.13. The molecule has 1 nitrogen and oxygen atoms in total. The highest BCUT2D eigenvalue weighted by molar-refractivity contribution is 6.02. The van der Waals surface area contributed by atoms with Gasteiger partial charge in [-0.05, 0) is 12.1 Å². The standard InChI is InChI=1S/C9H3F7O/c10-4-1-2-5(6(11)3-4)7(17)8(12,13)9(14,15)16/h1-3H. The molecule has 0 aromatic heterocycles. The van der Waals surface area contributed by atoms with Gasteiger partial charge in [0, 0.05) is 6.07 Å². The molecule has 0 aliphatic heterocycles. The van der Waals surface area contributed by atoms with Crippen LogP contribution in [-0.4, -0.2) is 17.9 Å². The molecular formula is C9H3F7O. The van der Waals surface area contributed by atoms with Crippen molar-refractivity contribution in [1.29, 1.82) is 0 Å². The maximum Gasteiger partial charge on any atom is 0.461 e. The van der Waals surface area contributed by atoms with Crippen LogP contribution in [0.1, 0.15) is 10.4 Å².